The maximum absolute atomic E-state index is 12.0. The van der Waals surface area contributed by atoms with Crippen molar-refractivity contribution in [3.05, 3.63) is 26.7 Å². The van der Waals surface area contributed by atoms with Gasteiger partial charge in [-0.1, -0.05) is 34.8 Å². The number of rotatable bonds is 5. The van der Waals surface area contributed by atoms with Crippen LogP contribution in [0.5, 0.6) is 0 Å². The molecule has 0 fully saturated rings. The molecule has 0 aromatic heterocycles. The van der Waals surface area contributed by atoms with E-state index in [2.05, 4.69) is 5.32 Å². The van der Waals surface area contributed by atoms with Gasteiger partial charge in [-0.2, -0.15) is 0 Å². The number of hydrogen-bond donors (Lipinski definition) is 2. The number of carbonyl (C=O) groups excluding carboxylic acids is 1. The van der Waals surface area contributed by atoms with E-state index >= 15 is 0 Å². The van der Waals surface area contributed by atoms with E-state index in [4.69, 9.17) is 39.9 Å². The number of amides is 1. The highest BCUT2D eigenvalue weighted by molar-refractivity contribution is 7.89. The van der Waals surface area contributed by atoms with Gasteiger partial charge < -0.3 is 5.32 Å². The summed E-state index contributed by atoms with van der Waals surface area (Å²) >= 11 is 17.6. The minimum Gasteiger partial charge on any atom is -0.351 e. The predicted molar refractivity (Wildman–Crippen MR) is 84.1 cm³/mol. The first kappa shape index (κ1) is 18.7. The van der Waals surface area contributed by atoms with Crippen LogP contribution in [0.15, 0.2) is 11.0 Å². The molecule has 0 radical (unpaired) electrons. The molecular weight excluding hydrogens is 383 g/mol. The number of hydrogen-bond acceptors (Lipinski definition) is 4. The lowest BCUT2D eigenvalue weighted by Crippen LogP contribution is -2.28. The average Bonchev–Trinajstić information content (AvgIpc) is 2.32. The van der Waals surface area contributed by atoms with Gasteiger partial charge in [-0.25, -0.2) is 13.6 Å². The van der Waals surface area contributed by atoms with Gasteiger partial charge in [0.1, 0.15) is 4.90 Å². The Morgan fingerprint density at radius 3 is 2.38 bits per heavy atom. The number of carbonyl (C=O) groups is 1. The molecule has 0 saturated carbocycles. The summed E-state index contributed by atoms with van der Waals surface area (Å²) in [5.41, 5.74) is -0.295. The fourth-order valence-electron chi connectivity index (χ4n) is 1.38. The van der Waals surface area contributed by atoms with Crippen molar-refractivity contribution < 1.29 is 17.4 Å². The van der Waals surface area contributed by atoms with Gasteiger partial charge in [0.25, 0.3) is 5.91 Å². The molecule has 0 aliphatic carbocycles. The van der Waals surface area contributed by atoms with Crippen LogP contribution in [0.25, 0.3) is 0 Å². The maximum atomic E-state index is 12.0. The van der Waals surface area contributed by atoms with Crippen LogP contribution in [-0.2, 0) is 20.8 Å². The summed E-state index contributed by atoms with van der Waals surface area (Å²) < 4.78 is 33.8. The van der Waals surface area contributed by atoms with Crippen molar-refractivity contribution in [3.63, 3.8) is 0 Å². The third kappa shape index (κ3) is 4.80. The van der Waals surface area contributed by atoms with Crippen LogP contribution < -0.4 is 10.5 Å². The Hall–Kier alpha value is -0.380. The largest absolute Gasteiger partial charge is 0.351 e. The molecule has 0 spiro atoms. The SMILES string of the molecule is CS(=O)CCNC(=O)c1c(Cl)c(Cl)cc(S(N)(=O)=O)c1Cl. The van der Waals surface area contributed by atoms with E-state index in [1.54, 1.807) is 0 Å². The summed E-state index contributed by atoms with van der Waals surface area (Å²) in [6.45, 7) is 0.103. The molecule has 0 bridgehead atoms. The number of nitrogens with one attached hydrogen (secondary N) is 1. The van der Waals surface area contributed by atoms with Gasteiger partial charge in [0.15, 0.2) is 0 Å². The zero-order chi connectivity index (χ0) is 16.4. The van der Waals surface area contributed by atoms with Gasteiger partial charge in [0, 0.05) is 29.4 Å². The van der Waals surface area contributed by atoms with Crippen LogP contribution in [-0.4, -0.2) is 37.1 Å². The summed E-state index contributed by atoms with van der Waals surface area (Å²) in [4.78, 5) is 11.5. The Morgan fingerprint density at radius 2 is 1.90 bits per heavy atom. The third-order valence-electron chi connectivity index (χ3n) is 2.33. The number of nitrogens with two attached hydrogens (primary N) is 1. The Labute approximate surface area is 139 Å². The molecule has 1 atom stereocenters. The minimum atomic E-state index is -4.17. The van der Waals surface area contributed by atoms with E-state index < -0.39 is 36.6 Å². The van der Waals surface area contributed by atoms with E-state index in [1.807, 2.05) is 0 Å². The van der Waals surface area contributed by atoms with E-state index in [-0.39, 0.29) is 27.9 Å². The van der Waals surface area contributed by atoms with Crippen LogP contribution in [0.1, 0.15) is 10.4 Å². The van der Waals surface area contributed by atoms with Gasteiger partial charge in [0.2, 0.25) is 10.0 Å². The third-order valence-corrected chi connectivity index (χ3v) is 5.34. The first-order valence-electron chi connectivity index (χ1n) is 5.34. The first-order chi connectivity index (χ1) is 9.55. The van der Waals surface area contributed by atoms with Gasteiger partial charge >= 0.3 is 0 Å². The van der Waals surface area contributed by atoms with E-state index in [1.165, 1.54) is 6.26 Å². The molecule has 118 valence electrons. The predicted octanol–water partition coefficient (Wildman–Crippen LogP) is 1.40. The highest BCUT2D eigenvalue weighted by Gasteiger charge is 2.25. The lowest BCUT2D eigenvalue weighted by atomic mass is 10.2. The molecule has 1 aromatic carbocycles. The van der Waals surface area contributed by atoms with Crippen LogP contribution in [0, 0.1) is 0 Å². The van der Waals surface area contributed by atoms with Gasteiger partial charge in [-0.3, -0.25) is 9.00 Å². The molecule has 6 nitrogen and oxygen atoms in total. The van der Waals surface area contributed by atoms with Crippen LogP contribution in [0.2, 0.25) is 15.1 Å². The summed E-state index contributed by atoms with van der Waals surface area (Å²) in [6.07, 6.45) is 1.48. The normalized spacial score (nSPS) is 13.0. The van der Waals surface area contributed by atoms with E-state index in [0.29, 0.717) is 0 Å². The molecule has 1 amide bonds. The molecule has 3 N–H and O–H groups in total. The molecule has 0 aliphatic heterocycles. The second kappa shape index (κ2) is 7.26. The Morgan fingerprint density at radius 1 is 1.33 bits per heavy atom. The van der Waals surface area contributed by atoms with Crippen molar-refractivity contribution in [2.45, 2.75) is 4.90 Å². The van der Waals surface area contributed by atoms with Crippen LogP contribution in [0.4, 0.5) is 0 Å². The number of primary sulfonamides is 1. The lowest BCUT2D eigenvalue weighted by molar-refractivity contribution is 0.0956. The highest BCUT2D eigenvalue weighted by atomic mass is 35.5. The number of halogens is 3. The first-order valence-corrected chi connectivity index (χ1v) is 9.75. The van der Waals surface area contributed by atoms with Crippen LogP contribution >= 0.6 is 34.8 Å². The molecular formula is C10H11Cl3N2O4S2. The average molecular weight is 394 g/mol. The smallest absolute Gasteiger partial charge is 0.254 e. The monoisotopic (exact) mass is 392 g/mol. The molecule has 0 saturated heterocycles. The van der Waals surface area contributed by atoms with Crippen molar-refractivity contribution in [2.75, 3.05) is 18.6 Å². The fraction of sp³-hybridized carbons (Fsp3) is 0.300. The second-order valence-electron chi connectivity index (χ2n) is 3.94. The van der Waals surface area contributed by atoms with Crippen molar-refractivity contribution in [1.82, 2.24) is 5.32 Å². The van der Waals surface area contributed by atoms with Crippen molar-refractivity contribution in [2.24, 2.45) is 5.14 Å². The van der Waals surface area contributed by atoms with E-state index in [0.717, 1.165) is 6.07 Å². The minimum absolute atomic E-state index is 0.103. The van der Waals surface area contributed by atoms with Gasteiger partial charge in [-0.05, 0) is 6.07 Å². The van der Waals surface area contributed by atoms with Crippen molar-refractivity contribution >= 4 is 61.5 Å². The Bertz CT molecular complexity index is 707. The summed E-state index contributed by atoms with van der Waals surface area (Å²) in [5.74, 6) is -0.508. The zero-order valence-corrected chi connectivity index (χ0v) is 14.6. The molecule has 1 aromatic rings. The van der Waals surface area contributed by atoms with Gasteiger partial charge in [0.05, 0.1) is 20.6 Å². The molecule has 1 rings (SSSR count). The van der Waals surface area contributed by atoms with E-state index in [9.17, 15) is 17.4 Å². The van der Waals surface area contributed by atoms with Crippen molar-refractivity contribution in [1.29, 1.82) is 0 Å². The fourth-order valence-corrected chi connectivity index (χ4v) is 3.52. The Kier molecular flexibility index (Phi) is 6.45. The zero-order valence-electron chi connectivity index (χ0n) is 10.7. The van der Waals surface area contributed by atoms with Gasteiger partial charge in [-0.15, -0.1) is 0 Å². The standard InChI is InChI=1S/C10H11Cl3N2O4S2/c1-20(17)3-2-15-10(16)7-8(12)5(11)4-6(9(7)13)21(14,18)19/h4H,2-3H2,1H3,(H,15,16)(H2,14,18,19). The topological polar surface area (TPSA) is 106 Å². The Balaban J connectivity index is 3.26. The molecule has 0 heterocycles. The number of benzene rings is 1. The molecule has 21 heavy (non-hydrogen) atoms. The summed E-state index contributed by atoms with van der Waals surface area (Å²) in [7, 11) is -5.26. The second-order valence-corrected chi connectivity index (χ2v) is 8.19. The summed E-state index contributed by atoms with van der Waals surface area (Å²) in [6, 6.07) is 0.972. The van der Waals surface area contributed by atoms with Crippen molar-refractivity contribution in [3.8, 4) is 0 Å². The molecule has 0 aliphatic rings. The quantitative estimate of drug-likeness (QED) is 0.737. The molecule has 1 unspecified atom stereocenters. The van der Waals surface area contributed by atoms with Crippen LogP contribution in [0.3, 0.4) is 0 Å². The maximum Gasteiger partial charge on any atom is 0.254 e. The highest BCUT2D eigenvalue weighted by Crippen LogP contribution is 2.36. The lowest BCUT2D eigenvalue weighted by Gasteiger charge is -2.12. The summed E-state index contributed by atoms with van der Waals surface area (Å²) in [5, 5.41) is 6.64. The molecule has 11 heteroatoms. The number of sulfonamides is 1.